The number of ether oxygens (including phenoxy) is 1. The highest BCUT2D eigenvalue weighted by Crippen LogP contribution is 2.23. The van der Waals surface area contributed by atoms with E-state index in [0.29, 0.717) is 12.1 Å². The van der Waals surface area contributed by atoms with Crippen molar-refractivity contribution in [2.75, 3.05) is 49.6 Å². The van der Waals surface area contributed by atoms with Gasteiger partial charge in [-0.3, -0.25) is 9.59 Å². The molecule has 0 radical (unpaired) electrons. The van der Waals surface area contributed by atoms with Crippen LogP contribution in [0.4, 0.5) is 11.4 Å². The van der Waals surface area contributed by atoms with Gasteiger partial charge in [-0.25, -0.2) is 0 Å². The number of likely N-dealkylation sites (N-methyl/N-ethyl adjacent to an activating group) is 1. The average molecular weight is 422 g/mol. The zero-order valence-electron chi connectivity index (χ0n) is 18.2. The van der Waals surface area contributed by atoms with Crippen LogP contribution in [0.1, 0.15) is 41.3 Å². The van der Waals surface area contributed by atoms with E-state index in [0.717, 1.165) is 50.5 Å². The summed E-state index contributed by atoms with van der Waals surface area (Å²) >= 11 is 0. The first-order valence-corrected chi connectivity index (χ1v) is 11.3. The zero-order valence-corrected chi connectivity index (χ0v) is 18.2. The summed E-state index contributed by atoms with van der Waals surface area (Å²) in [4.78, 5) is 29.5. The Balaban J connectivity index is 1.35. The lowest BCUT2D eigenvalue weighted by Crippen LogP contribution is -2.38. The molecule has 1 aliphatic heterocycles. The van der Waals surface area contributed by atoms with Crippen LogP contribution in [0.25, 0.3) is 0 Å². The maximum atomic E-state index is 13.0. The number of morpholine rings is 1. The van der Waals surface area contributed by atoms with Gasteiger partial charge < -0.3 is 19.9 Å². The van der Waals surface area contributed by atoms with E-state index in [2.05, 4.69) is 16.3 Å². The first-order valence-electron chi connectivity index (χ1n) is 11.3. The first-order chi connectivity index (χ1) is 15.1. The summed E-state index contributed by atoms with van der Waals surface area (Å²) in [7, 11) is 0. The molecule has 1 saturated heterocycles. The van der Waals surface area contributed by atoms with E-state index in [4.69, 9.17) is 4.74 Å². The van der Waals surface area contributed by atoms with Crippen molar-refractivity contribution >= 4 is 23.2 Å². The van der Waals surface area contributed by atoms with Gasteiger partial charge in [0.15, 0.2) is 0 Å². The van der Waals surface area contributed by atoms with E-state index in [-0.39, 0.29) is 18.4 Å². The van der Waals surface area contributed by atoms with Crippen LogP contribution in [0.5, 0.6) is 0 Å². The number of carbonyl (C=O) groups is 2. The van der Waals surface area contributed by atoms with E-state index in [1.807, 2.05) is 43.3 Å². The van der Waals surface area contributed by atoms with Crippen LogP contribution in [0, 0.1) is 0 Å². The van der Waals surface area contributed by atoms with Crippen LogP contribution in [0.3, 0.4) is 0 Å². The number of anilines is 2. The van der Waals surface area contributed by atoms with E-state index in [1.54, 1.807) is 4.90 Å². The molecule has 6 nitrogen and oxygen atoms in total. The minimum absolute atomic E-state index is 0.0393. The van der Waals surface area contributed by atoms with Crippen molar-refractivity contribution in [3.8, 4) is 0 Å². The van der Waals surface area contributed by atoms with Gasteiger partial charge in [-0.05, 0) is 80.1 Å². The minimum Gasteiger partial charge on any atom is -0.378 e. The highest BCUT2D eigenvalue weighted by molar-refractivity contribution is 5.99. The molecule has 4 rings (SSSR count). The number of nitrogens with one attached hydrogen (secondary N) is 1. The predicted octanol–water partition coefficient (Wildman–Crippen LogP) is 3.50. The summed E-state index contributed by atoms with van der Waals surface area (Å²) in [5.74, 6) is -0.277. The molecule has 0 spiro atoms. The molecule has 1 aliphatic carbocycles. The second-order valence-corrected chi connectivity index (χ2v) is 8.20. The summed E-state index contributed by atoms with van der Waals surface area (Å²) in [6.07, 6.45) is 4.52. The van der Waals surface area contributed by atoms with Crippen molar-refractivity contribution in [3.05, 3.63) is 59.2 Å². The third-order valence-corrected chi connectivity index (χ3v) is 6.13. The average Bonchev–Trinajstić information content (AvgIpc) is 2.83. The van der Waals surface area contributed by atoms with Gasteiger partial charge in [0.1, 0.15) is 6.54 Å². The minimum atomic E-state index is -0.188. The summed E-state index contributed by atoms with van der Waals surface area (Å²) in [5, 5.41) is 2.92. The number of nitrogens with zero attached hydrogens (tertiary/aromatic N) is 2. The van der Waals surface area contributed by atoms with Gasteiger partial charge in [0, 0.05) is 36.6 Å². The van der Waals surface area contributed by atoms with E-state index < -0.39 is 0 Å². The fourth-order valence-corrected chi connectivity index (χ4v) is 4.33. The Kier molecular flexibility index (Phi) is 6.87. The number of fused-ring (bicyclic) bond motifs is 1. The lowest BCUT2D eigenvalue weighted by molar-refractivity contribution is -0.116. The molecular formula is C25H31N3O3. The first kappa shape index (κ1) is 21.4. The van der Waals surface area contributed by atoms with Gasteiger partial charge in [0.05, 0.1) is 13.2 Å². The van der Waals surface area contributed by atoms with Crippen molar-refractivity contribution in [1.29, 1.82) is 0 Å². The van der Waals surface area contributed by atoms with Crippen LogP contribution in [-0.4, -0.2) is 56.1 Å². The number of rotatable bonds is 6. The Bertz CT molecular complexity index is 920. The van der Waals surface area contributed by atoms with Crippen LogP contribution < -0.4 is 10.2 Å². The number of hydrogen-bond donors (Lipinski definition) is 1. The third kappa shape index (κ3) is 5.25. The Hall–Kier alpha value is -2.86. The van der Waals surface area contributed by atoms with Crippen molar-refractivity contribution in [3.63, 3.8) is 0 Å². The summed E-state index contributed by atoms with van der Waals surface area (Å²) in [6, 6.07) is 13.8. The molecule has 1 N–H and O–H groups in total. The van der Waals surface area contributed by atoms with Gasteiger partial charge in [0.2, 0.25) is 5.91 Å². The van der Waals surface area contributed by atoms with Crippen molar-refractivity contribution in [2.45, 2.75) is 32.6 Å². The zero-order chi connectivity index (χ0) is 21.6. The molecule has 1 fully saturated rings. The second kappa shape index (κ2) is 9.96. The molecule has 2 aromatic rings. The molecule has 31 heavy (non-hydrogen) atoms. The van der Waals surface area contributed by atoms with Crippen molar-refractivity contribution < 1.29 is 14.3 Å². The quantitative estimate of drug-likeness (QED) is 0.776. The maximum absolute atomic E-state index is 13.0. The molecule has 6 heteroatoms. The van der Waals surface area contributed by atoms with Crippen LogP contribution >= 0.6 is 0 Å². The van der Waals surface area contributed by atoms with E-state index in [1.165, 1.54) is 24.0 Å². The van der Waals surface area contributed by atoms with E-state index in [9.17, 15) is 9.59 Å². The fraction of sp³-hybridized carbons (Fsp3) is 0.440. The molecule has 2 aromatic carbocycles. The standard InChI is InChI=1S/C25H31N3O3/c1-2-27(25(30)21-8-7-19-5-3-4-6-20(19)17-21)18-24(29)26-22-9-11-23(12-10-22)28-13-15-31-16-14-28/h7-12,17H,2-6,13-16,18H2,1H3,(H,26,29). The van der Waals surface area contributed by atoms with Gasteiger partial charge >= 0.3 is 0 Å². The Morgan fingerprint density at radius 3 is 2.42 bits per heavy atom. The summed E-state index contributed by atoms with van der Waals surface area (Å²) in [6.45, 7) is 5.66. The normalized spacial score (nSPS) is 15.8. The largest absolute Gasteiger partial charge is 0.378 e. The predicted molar refractivity (Wildman–Crippen MR) is 123 cm³/mol. The molecule has 0 unspecified atom stereocenters. The summed E-state index contributed by atoms with van der Waals surface area (Å²) < 4.78 is 5.39. The van der Waals surface area contributed by atoms with Gasteiger partial charge in [-0.1, -0.05) is 6.07 Å². The molecule has 2 amide bonds. The molecular weight excluding hydrogens is 390 g/mol. The highest BCUT2D eigenvalue weighted by atomic mass is 16.5. The SMILES string of the molecule is CCN(CC(=O)Nc1ccc(N2CCOCC2)cc1)C(=O)c1ccc2c(c1)CCCC2. The molecule has 0 saturated carbocycles. The Morgan fingerprint density at radius 1 is 1.00 bits per heavy atom. The molecule has 0 bridgehead atoms. The smallest absolute Gasteiger partial charge is 0.254 e. The van der Waals surface area contributed by atoms with Crippen molar-refractivity contribution in [1.82, 2.24) is 4.90 Å². The summed E-state index contributed by atoms with van der Waals surface area (Å²) in [5.41, 5.74) is 5.16. The molecule has 0 atom stereocenters. The highest BCUT2D eigenvalue weighted by Gasteiger charge is 2.20. The monoisotopic (exact) mass is 421 g/mol. The van der Waals surface area contributed by atoms with Gasteiger partial charge in [-0.15, -0.1) is 0 Å². The Labute approximate surface area is 184 Å². The number of hydrogen-bond acceptors (Lipinski definition) is 4. The number of aryl methyl sites for hydroxylation is 2. The Morgan fingerprint density at radius 2 is 1.71 bits per heavy atom. The second-order valence-electron chi connectivity index (χ2n) is 8.20. The van der Waals surface area contributed by atoms with Gasteiger partial charge in [0.25, 0.3) is 5.91 Å². The van der Waals surface area contributed by atoms with Crippen LogP contribution in [0.2, 0.25) is 0 Å². The van der Waals surface area contributed by atoms with Crippen molar-refractivity contribution in [2.24, 2.45) is 0 Å². The number of amides is 2. The number of carbonyl (C=O) groups excluding carboxylic acids is 2. The topological polar surface area (TPSA) is 61.9 Å². The maximum Gasteiger partial charge on any atom is 0.254 e. The number of benzene rings is 2. The van der Waals surface area contributed by atoms with Crippen LogP contribution in [0.15, 0.2) is 42.5 Å². The molecule has 1 heterocycles. The molecule has 2 aliphatic rings. The third-order valence-electron chi connectivity index (χ3n) is 6.13. The lowest BCUT2D eigenvalue weighted by Gasteiger charge is -2.29. The van der Waals surface area contributed by atoms with Gasteiger partial charge in [-0.2, -0.15) is 0 Å². The van der Waals surface area contributed by atoms with E-state index >= 15 is 0 Å². The molecule has 0 aromatic heterocycles. The fourth-order valence-electron chi connectivity index (χ4n) is 4.33. The van der Waals surface area contributed by atoms with Crippen LogP contribution in [-0.2, 0) is 22.4 Å². The lowest BCUT2D eigenvalue weighted by atomic mass is 9.90. The molecule has 164 valence electrons.